The Bertz CT molecular complexity index is 558. The standard InChI is InChI=1S/C17H22N2O2/c1-3-20-16-7-5-12(10-14(16)18)9-13-6-8-17(21-4-2)15(19)11-13/h5-8,10-11H,3-4,9,18-19H2,1-2H3. The molecule has 0 aliphatic heterocycles. The molecule has 0 saturated carbocycles. The Morgan fingerprint density at radius 1 is 0.762 bits per heavy atom. The molecule has 2 aromatic rings. The summed E-state index contributed by atoms with van der Waals surface area (Å²) in [5.41, 5.74) is 15.5. The van der Waals surface area contributed by atoms with Crippen LogP contribution in [-0.2, 0) is 6.42 Å². The van der Waals surface area contributed by atoms with Crippen molar-refractivity contribution in [2.75, 3.05) is 24.7 Å². The average molecular weight is 286 g/mol. The third-order valence-electron chi connectivity index (χ3n) is 3.16. The van der Waals surface area contributed by atoms with Crippen LogP contribution in [0.3, 0.4) is 0 Å². The number of nitrogens with two attached hydrogens (primary N) is 2. The van der Waals surface area contributed by atoms with Gasteiger partial charge in [0.2, 0.25) is 0 Å². The molecule has 4 nitrogen and oxygen atoms in total. The Morgan fingerprint density at radius 2 is 1.19 bits per heavy atom. The van der Waals surface area contributed by atoms with E-state index in [4.69, 9.17) is 20.9 Å². The van der Waals surface area contributed by atoms with E-state index in [0.29, 0.717) is 24.6 Å². The highest BCUT2D eigenvalue weighted by molar-refractivity contribution is 5.57. The van der Waals surface area contributed by atoms with Crippen molar-refractivity contribution in [3.63, 3.8) is 0 Å². The van der Waals surface area contributed by atoms with Crippen LogP contribution in [0.4, 0.5) is 11.4 Å². The van der Waals surface area contributed by atoms with Crippen LogP contribution < -0.4 is 20.9 Å². The highest BCUT2D eigenvalue weighted by Gasteiger charge is 2.05. The van der Waals surface area contributed by atoms with E-state index in [0.717, 1.165) is 29.0 Å². The zero-order valence-corrected chi connectivity index (χ0v) is 12.6. The first kappa shape index (κ1) is 15.0. The van der Waals surface area contributed by atoms with Gasteiger partial charge in [0.1, 0.15) is 11.5 Å². The van der Waals surface area contributed by atoms with Crippen LogP contribution in [0.25, 0.3) is 0 Å². The largest absolute Gasteiger partial charge is 0.492 e. The molecule has 0 bridgehead atoms. The molecule has 0 heterocycles. The molecule has 0 aromatic heterocycles. The number of benzene rings is 2. The van der Waals surface area contributed by atoms with Crippen molar-refractivity contribution < 1.29 is 9.47 Å². The van der Waals surface area contributed by atoms with Crippen molar-refractivity contribution in [1.82, 2.24) is 0 Å². The fraction of sp³-hybridized carbons (Fsp3) is 0.294. The summed E-state index contributed by atoms with van der Waals surface area (Å²) in [4.78, 5) is 0. The van der Waals surface area contributed by atoms with E-state index in [1.54, 1.807) is 0 Å². The van der Waals surface area contributed by atoms with Crippen LogP contribution in [0, 0.1) is 0 Å². The summed E-state index contributed by atoms with van der Waals surface area (Å²) in [5, 5.41) is 0. The van der Waals surface area contributed by atoms with Crippen molar-refractivity contribution >= 4 is 11.4 Å². The van der Waals surface area contributed by atoms with Gasteiger partial charge in [0.05, 0.1) is 24.6 Å². The molecule has 0 amide bonds. The van der Waals surface area contributed by atoms with E-state index >= 15 is 0 Å². The summed E-state index contributed by atoms with van der Waals surface area (Å²) in [6.45, 7) is 5.10. The van der Waals surface area contributed by atoms with Crippen LogP contribution in [0.1, 0.15) is 25.0 Å². The van der Waals surface area contributed by atoms with Gasteiger partial charge in [-0.1, -0.05) is 12.1 Å². The van der Waals surface area contributed by atoms with E-state index in [1.807, 2.05) is 50.2 Å². The van der Waals surface area contributed by atoms with Gasteiger partial charge in [-0.25, -0.2) is 0 Å². The normalized spacial score (nSPS) is 10.4. The van der Waals surface area contributed by atoms with Gasteiger partial charge in [0.25, 0.3) is 0 Å². The van der Waals surface area contributed by atoms with Crippen LogP contribution in [0.2, 0.25) is 0 Å². The number of nitrogen functional groups attached to an aromatic ring is 2. The lowest BCUT2D eigenvalue weighted by molar-refractivity contribution is 0.342. The first-order valence-electron chi connectivity index (χ1n) is 7.16. The van der Waals surface area contributed by atoms with Gasteiger partial charge < -0.3 is 20.9 Å². The molecule has 2 aromatic carbocycles. The summed E-state index contributed by atoms with van der Waals surface area (Å²) < 4.78 is 10.9. The molecule has 2 rings (SSSR count). The zero-order chi connectivity index (χ0) is 15.2. The van der Waals surface area contributed by atoms with Crippen LogP contribution in [0.15, 0.2) is 36.4 Å². The highest BCUT2D eigenvalue weighted by Crippen LogP contribution is 2.26. The molecule has 21 heavy (non-hydrogen) atoms. The number of anilines is 2. The maximum atomic E-state index is 5.98. The monoisotopic (exact) mass is 286 g/mol. The molecule has 0 aliphatic carbocycles. The summed E-state index contributed by atoms with van der Waals surface area (Å²) in [5.74, 6) is 1.46. The SMILES string of the molecule is CCOc1ccc(Cc2ccc(OCC)c(N)c2)cc1N. The Hall–Kier alpha value is -2.36. The second-order valence-corrected chi connectivity index (χ2v) is 4.79. The lowest BCUT2D eigenvalue weighted by Gasteiger charge is -2.11. The molecular weight excluding hydrogens is 264 g/mol. The second-order valence-electron chi connectivity index (χ2n) is 4.79. The maximum absolute atomic E-state index is 5.98. The molecule has 0 radical (unpaired) electrons. The van der Waals surface area contributed by atoms with Crippen molar-refractivity contribution in [2.24, 2.45) is 0 Å². The Balaban J connectivity index is 2.14. The topological polar surface area (TPSA) is 70.5 Å². The fourth-order valence-corrected chi connectivity index (χ4v) is 2.23. The van der Waals surface area contributed by atoms with Crippen molar-refractivity contribution in [3.05, 3.63) is 47.5 Å². The van der Waals surface area contributed by atoms with Gasteiger partial charge in [-0.2, -0.15) is 0 Å². The van der Waals surface area contributed by atoms with Gasteiger partial charge in [0.15, 0.2) is 0 Å². The Labute approximate surface area is 125 Å². The van der Waals surface area contributed by atoms with Crippen LogP contribution in [0.5, 0.6) is 11.5 Å². The van der Waals surface area contributed by atoms with Crippen LogP contribution in [-0.4, -0.2) is 13.2 Å². The third-order valence-corrected chi connectivity index (χ3v) is 3.16. The molecular formula is C17H22N2O2. The summed E-state index contributed by atoms with van der Waals surface area (Å²) in [6.07, 6.45) is 0.771. The highest BCUT2D eigenvalue weighted by atomic mass is 16.5. The molecule has 112 valence electrons. The van der Waals surface area contributed by atoms with Crippen LogP contribution >= 0.6 is 0 Å². The quantitative estimate of drug-likeness (QED) is 0.800. The Kier molecular flexibility index (Phi) is 4.93. The van der Waals surface area contributed by atoms with Crippen molar-refractivity contribution in [2.45, 2.75) is 20.3 Å². The molecule has 0 aliphatic rings. The number of hydrogen-bond donors (Lipinski definition) is 2. The van der Waals surface area contributed by atoms with Gasteiger partial charge in [-0.3, -0.25) is 0 Å². The molecule has 0 saturated heterocycles. The van der Waals surface area contributed by atoms with Gasteiger partial charge in [0, 0.05) is 0 Å². The van der Waals surface area contributed by atoms with Crippen molar-refractivity contribution in [1.29, 1.82) is 0 Å². The number of ether oxygens (including phenoxy) is 2. The van der Waals surface area contributed by atoms with E-state index < -0.39 is 0 Å². The minimum atomic E-state index is 0.610. The number of hydrogen-bond acceptors (Lipinski definition) is 4. The van der Waals surface area contributed by atoms with Gasteiger partial charge in [-0.15, -0.1) is 0 Å². The lowest BCUT2D eigenvalue weighted by atomic mass is 10.0. The van der Waals surface area contributed by atoms with Gasteiger partial charge >= 0.3 is 0 Å². The lowest BCUT2D eigenvalue weighted by Crippen LogP contribution is -2.00. The predicted molar refractivity (Wildman–Crippen MR) is 86.9 cm³/mol. The summed E-state index contributed by atoms with van der Waals surface area (Å²) in [6, 6.07) is 11.7. The summed E-state index contributed by atoms with van der Waals surface area (Å²) >= 11 is 0. The van der Waals surface area contributed by atoms with E-state index in [-0.39, 0.29) is 0 Å². The van der Waals surface area contributed by atoms with E-state index in [9.17, 15) is 0 Å². The van der Waals surface area contributed by atoms with Crippen molar-refractivity contribution in [3.8, 4) is 11.5 Å². The first-order valence-corrected chi connectivity index (χ1v) is 7.16. The molecule has 0 fully saturated rings. The molecule has 4 heteroatoms. The fourth-order valence-electron chi connectivity index (χ4n) is 2.23. The third kappa shape index (κ3) is 3.81. The zero-order valence-electron chi connectivity index (χ0n) is 12.6. The second kappa shape index (κ2) is 6.88. The number of rotatable bonds is 6. The molecule has 0 atom stereocenters. The maximum Gasteiger partial charge on any atom is 0.142 e. The smallest absolute Gasteiger partial charge is 0.142 e. The summed E-state index contributed by atoms with van der Waals surface area (Å²) in [7, 11) is 0. The average Bonchev–Trinajstić information content (AvgIpc) is 2.45. The van der Waals surface area contributed by atoms with Gasteiger partial charge in [-0.05, 0) is 55.7 Å². The van der Waals surface area contributed by atoms with E-state index in [2.05, 4.69) is 0 Å². The van der Waals surface area contributed by atoms with E-state index in [1.165, 1.54) is 0 Å². The minimum absolute atomic E-state index is 0.610. The molecule has 0 unspecified atom stereocenters. The minimum Gasteiger partial charge on any atom is -0.492 e. The first-order chi connectivity index (χ1) is 10.1. The Morgan fingerprint density at radius 3 is 1.52 bits per heavy atom. The molecule has 0 spiro atoms. The predicted octanol–water partition coefficient (Wildman–Crippen LogP) is 3.24. The molecule has 4 N–H and O–H groups in total.